The third kappa shape index (κ3) is 3.53. The second-order valence-electron chi connectivity index (χ2n) is 6.68. The Morgan fingerprint density at radius 1 is 1.30 bits per heavy atom. The zero-order valence-corrected chi connectivity index (χ0v) is 15.6. The molecule has 1 fully saturated rings. The summed E-state index contributed by atoms with van der Waals surface area (Å²) in [5.41, 5.74) is 8.30. The molecule has 7 nitrogen and oxygen atoms in total. The van der Waals surface area contributed by atoms with Gasteiger partial charge in [0.05, 0.1) is 6.04 Å². The molecule has 4 N–H and O–H groups in total. The molecule has 0 radical (unpaired) electrons. The predicted octanol–water partition coefficient (Wildman–Crippen LogP) is 1.83. The first-order valence-electron chi connectivity index (χ1n) is 8.93. The van der Waals surface area contributed by atoms with Gasteiger partial charge in [-0.2, -0.15) is 0 Å². The molecule has 0 saturated heterocycles. The number of aliphatic imine (C=N–C) groups is 2. The maximum Gasteiger partial charge on any atom is 0.141 e. The number of nitrogens with two attached hydrogens (primary N) is 1. The van der Waals surface area contributed by atoms with Crippen LogP contribution in [0, 0.1) is 0 Å². The third-order valence-electron chi connectivity index (χ3n) is 5.19. The normalized spacial score (nSPS) is 25.6. The van der Waals surface area contributed by atoms with E-state index < -0.39 is 18.3 Å². The van der Waals surface area contributed by atoms with Gasteiger partial charge in [0.1, 0.15) is 29.9 Å². The Labute approximate surface area is 158 Å². The van der Waals surface area contributed by atoms with Crippen molar-refractivity contribution in [1.29, 1.82) is 0 Å². The highest BCUT2D eigenvalue weighted by Gasteiger charge is 2.44. The molecule has 2 aromatic rings. The molecule has 1 saturated carbocycles. The van der Waals surface area contributed by atoms with Crippen molar-refractivity contribution in [1.82, 2.24) is 4.57 Å². The molecule has 1 aliphatic carbocycles. The van der Waals surface area contributed by atoms with E-state index in [-0.39, 0.29) is 6.04 Å². The van der Waals surface area contributed by atoms with Gasteiger partial charge < -0.3 is 25.3 Å². The van der Waals surface area contributed by atoms with Crippen molar-refractivity contribution in [3.63, 3.8) is 0 Å². The number of aliphatic hydroxyl groups excluding tert-OH is 2. The Morgan fingerprint density at radius 3 is 2.70 bits per heavy atom. The number of hydrogen-bond acceptors (Lipinski definition) is 6. The maximum absolute atomic E-state index is 10.6. The number of aromatic nitrogens is 1. The highest BCUT2D eigenvalue weighted by Crippen LogP contribution is 2.38. The fraction of sp³-hybridized carbons (Fsp3) is 0.400. The molecule has 0 unspecified atom stereocenters. The van der Waals surface area contributed by atoms with Crippen LogP contribution in [0.1, 0.15) is 30.5 Å². The van der Waals surface area contributed by atoms with Gasteiger partial charge in [0.25, 0.3) is 0 Å². The van der Waals surface area contributed by atoms with Crippen LogP contribution in [0.5, 0.6) is 5.75 Å². The minimum atomic E-state index is -1.02. The second kappa shape index (κ2) is 8.04. The quantitative estimate of drug-likeness (QED) is 0.675. The molecule has 144 valence electrons. The lowest BCUT2D eigenvalue weighted by atomic mass is 10.2. The van der Waals surface area contributed by atoms with Crippen molar-refractivity contribution < 1.29 is 14.9 Å². The lowest BCUT2D eigenvalue weighted by molar-refractivity contribution is -0.0167. The first-order chi connectivity index (χ1) is 13.0. The first-order valence-corrected chi connectivity index (χ1v) is 8.93. The van der Waals surface area contributed by atoms with Gasteiger partial charge in [-0.15, -0.1) is 0 Å². The summed E-state index contributed by atoms with van der Waals surface area (Å²) in [6.45, 7) is 5.88. The Morgan fingerprint density at radius 2 is 2.04 bits per heavy atom. The lowest BCUT2D eigenvalue weighted by Crippen LogP contribution is -2.34. The average molecular weight is 370 g/mol. The highest BCUT2D eigenvalue weighted by atomic mass is 16.5. The van der Waals surface area contributed by atoms with E-state index in [1.54, 1.807) is 7.05 Å². The number of hydrogen-bond donors (Lipinski definition) is 3. The molecular formula is C20H26N4O3. The van der Waals surface area contributed by atoms with Gasteiger partial charge in [0.15, 0.2) is 0 Å². The molecule has 0 bridgehead atoms. The number of aliphatic hydroxyl groups is 2. The van der Waals surface area contributed by atoms with Gasteiger partial charge in [0.2, 0.25) is 0 Å². The van der Waals surface area contributed by atoms with E-state index in [0.29, 0.717) is 24.5 Å². The molecule has 0 spiro atoms. The molecule has 27 heavy (non-hydrogen) atoms. The Bertz CT molecular complexity index is 846. The van der Waals surface area contributed by atoms with Crippen LogP contribution in [0.15, 0.2) is 46.5 Å². The molecule has 1 heterocycles. The maximum atomic E-state index is 10.6. The van der Waals surface area contributed by atoms with Crippen LogP contribution < -0.4 is 10.5 Å². The van der Waals surface area contributed by atoms with E-state index in [2.05, 4.69) is 16.7 Å². The largest absolute Gasteiger partial charge is 0.487 e. The summed E-state index contributed by atoms with van der Waals surface area (Å²) in [6.07, 6.45) is -0.294. The SMILES string of the molecule is C=Nc1c(C(C)=NC)ccn1[C@H]1C[C@@H](Oc2ccccc2CN)[C@H](O)[C@@H]1O. The molecule has 1 aromatic carbocycles. The van der Waals surface area contributed by atoms with E-state index >= 15 is 0 Å². The van der Waals surface area contributed by atoms with Crippen molar-refractivity contribution in [2.24, 2.45) is 15.7 Å². The molecule has 4 atom stereocenters. The lowest BCUT2D eigenvalue weighted by Gasteiger charge is -2.20. The zero-order valence-electron chi connectivity index (χ0n) is 15.6. The number of benzene rings is 1. The smallest absolute Gasteiger partial charge is 0.141 e. The van der Waals surface area contributed by atoms with Crippen LogP contribution in [0.4, 0.5) is 5.82 Å². The van der Waals surface area contributed by atoms with Crippen LogP contribution in [0.2, 0.25) is 0 Å². The predicted molar refractivity (Wildman–Crippen MR) is 106 cm³/mol. The van der Waals surface area contributed by atoms with Crippen LogP contribution in [0.25, 0.3) is 0 Å². The van der Waals surface area contributed by atoms with E-state index in [1.165, 1.54) is 0 Å². The summed E-state index contributed by atoms with van der Waals surface area (Å²) in [5.74, 6) is 1.25. The minimum Gasteiger partial charge on any atom is -0.487 e. The average Bonchev–Trinajstić information content (AvgIpc) is 3.24. The van der Waals surface area contributed by atoms with Crippen molar-refractivity contribution in [3.05, 3.63) is 47.7 Å². The van der Waals surface area contributed by atoms with Crippen LogP contribution >= 0.6 is 0 Å². The van der Waals surface area contributed by atoms with Crippen LogP contribution in [0.3, 0.4) is 0 Å². The summed E-state index contributed by atoms with van der Waals surface area (Å²) in [7, 11) is 1.71. The van der Waals surface area contributed by atoms with Crippen molar-refractivity contribution >= 4 is 18.2 Å². The van der Waals surface area contributed by atoms with Crippen molar-refractivity contribution in [2.75, 3.05) is 7.05 Å². The number of ether oxygens (including phenoxy) is 1. The molecular weight excluding hydrogens is 344 g/mol. The first kappa shape index (κ1) is 19.3. The fourth-order valence-corrected chi connectivity index (χ4v) is 3.59. The number of nitrogens with zero attached hydrogens (tertiary/aromatic N) is 3. The Balaban J connectivity index is 1.87. The summed E-state index contributed by atoms with van der Waals surface area (Å²) < 4.78 is 7.84. The van der Waals surface area contributed by atoms with Gasteiger partial charge in [-0.05, 0) is 25.8 Å². The van der Waals surface area contributed by atoms with Crippen molar-refractivity contribution in [3.8, 4) is 5.75 Å². The third-order valence-corrected chi connectivity index (χ3v) is 5.19. The summed E-state index contributed by atoms with van der Waals surface area (Å²) >= 11 is 0. The van der Waals surface area contributed by atoms with Gasteiger partial charge in [-0.1, -0.05) is 18.2 Å². The highest BCUT2D eigenvalue weighted by molar-refractivity contribution is 6.02. The molecule has 0 aliphatic heterocycles. The van der Waals surface area contributed by atoms with Gasteiger partial charge in [-0.3, -0.25) is 4.99 Å². The minimum absolute atomic E-state index is 0.339. The molecule has 1 aromatic heterocycles. The summed E-state index contributed by atoms with van der Waals surface area (Å²) in [4.78, 5) is 8.32. The zero-order chi connectivity index (χ0) is 19.6. The van der Waals surface area contributed by atoms with E-state index in [4.69, 9.17) is 10.5 Å². The number of rotatable bonds is 6. The van der Waals surface area contributed by atoms with Gasteiger partial charge in [-0.25, -0.2) is 4.99 Å². The second-order valence-corrected chi connectivity index (χ2v) is 6.68. The van der Waals surface area contributed by atoms with E-state index in [0.717, 1.165) is 16.8 Å². The van der Waals surface area contributed by atoms with Gasteiger partial charge >= 0.3 is 0 Å². The summed E-state index contributed by atoms with van der Waals surface area (Å²) in [6, 6.07) is 8.96. The Kier molecular flexibility index (Phi) is 5.74. The van der Waals surface area contributed by atoms with Gasteiger partial charge in [0, 0.05) is 43.0 Å². The molecule has 7 heteroatoms. The topological polar surface area (TPSA) is 105 Å². The van der Waals surface area contributed by atoms with E-state index in [1.807, 2.05) is 48.0 Å². The molecule has 3 rings (SSSR count). The molecule has 0 amide bonds. The molecule has 1 aliphatic rings. The van der Waals surface area contributed by atoms with E-state index in [9.17, 15) is 10.2 Å². The van der Waals surface area contributed by atoms with Crippen LogP contribution in [-0.4, -0.2) is 52.6 Å². The summed E-state index contributed by atoms with van der Waals surface area (Å²) in [5, 5.41) is 21.2. The van der Waals surface area contributed by atoms with Crippen LogP contribution in [-0.2, 0) is 6.54 Å². The fourth-order valence-electron chi connectivity index (χ4n) is 3.59. The Hall–Kier alpha value is -2.48. The standard InChI is InChI=1S/C20H26N4O3/c1-12(22-2)14-8-9-24(20(14)23-3)15-10-17(19(26)18(15)25)27-16-7-5-4-6-13(16)11-21/h4-9,15,17-19,25-26H,3,10-11,21H2,1-2H3/t15-,17+,18+,19-/m0/s1. The van der Waals surface area contributed by atoms with Crippen molar-refractivity contribution in [2.45, 2.75) is 44.2 Å². The number of para-hydroxylation sites is 1. The monoisotopic (exact) mass is 370 g/mol.